The van der Waals surface area contributed by atoms with Gasteiger partial charge in [-0.3, -0.25) is 9.36 Å². The van der Waals surface area contributed by atoms with E-state index in [1.54, 1.807) is 4.57 Å². The van der Waals surface area contributed by atoms with Crippen molar-refractivity contribution in [2.45, 2.75) is 19.8 Å². The number of fused-ring (bicyclic) bond motifs is 3. The first-order chi connectivity index (χ1) is 6.75. The molecule has 1 aromatic heterocycles. The molecule has 14 heavy (non-hydrogen) atoms. The van der Waals surface area contributed by atoms with Gasteiger partial charge in [-0.1, -0.05) is 6.07 Å². The smallest absolute Gasteiger partial charge is 0.233 e. The fourth-order valence-corrected chi connectivity index (χ4v) is 2.02. The Morgan fingerprint density at radius 3 is 3.07 bits per heavy atom. The fourth-order valence-electron chi connectivity index (χ4n) is 2.02. The third-order valence-corrected chi connectivity index (χ3v) is 2.69. The van der Waals surface area contributed by atoms with Crippen LogP contribution in [0.15, 0.2) is 18.2 Å². The van der Waals surface area contributed by atoms with Crippen LogP contribution in [0.2, 0.25) is 0 Å². The fraction of sp³-hybridized carbons (Fsp3) is 0.273. The van der Waals surface area contributed by atoms with E-state index >= 15 is 0 Å². The zero-order valence-electron chi connectivity index (χ0n) is 7.95. The molecule has 0 fully saturated rings. The molecular formula is C11H10N2O. The lowest BCUT2D eigenvalue weighted by atomic mass is 10.2. The number of aromatic nitrogens is 2. The van der Waals surface area contributed by atoms with Crippen LogP contribution in [0.4, 0.5) is 0 Å². The molecule has 0 amide bonds. The summed E-state index contributed by atoms with van der Waals surface area (Å²) in [5, 5.41) is 0. The number of rotatable bonds is 0. The lowest BCUT2D eigenvalue weighted by Gasteiger charge is -1.96. The Morgan fingerprint density at radius 2 is 2.21 bits per heavy atom. The van der Waals surface area contributed by atoms with E-state index in [4.69, 9.17) is 0 Å². The van der Waals surface area contributed by atoms with Crippen LogP contribution in [0.3, 0.4) is 0 Å². The number of hydrogen-bond acceptors (Lipinski definition) is 2. The first-order valence-electron chi connectivity index (χ1n) is 4.77. The van der Waals surface area contributed by atoms with Crippen LogP contribution in [0.25, 0.3) is 11.0 Å². The number of carbonyl (C=O) groups is 1. The quantitative estimate of drug-likeness (QED) is 0.630. The molecule has 0 bridgehead atoms. The first kappa shape index (κ1) is 7.74. The van der Waals surface area contributed by atoms with Crippen molar-refractivity contribution in [1.29, 1.82) is 0 Å². The summed E-state index contributed by atoms with van der Waals surface area (Å²) in [4.78, 5) is 16.0. The van der Waals surface area contributed by atoms with E-state index in [1.165, 1.54) is 5.56 Å². The van der Waals surface area contributed by atoms with Gasteiger partial charge >= 0.3 is 0 Å². The molecule has 1 aliphatic heterocycles. The minimum Gasteiger partial charge on any atom is -0.274 e. The summed E-state index contributed by atoms with van der Waals surface area (Å²) in [7, 11) is 0. The van der Waals surface area contributed by atoms with E-state index in [2.05, 4.69) is 4.98 Å². The third-order valence-electron chi connectivity index (χ3n) is 2.69. The molecule has 0 aliphatic carbocycles. The van der Waals surface area contributed by atoms with E-state index < -0.39 is 0 Å². The topological polar surface area (TPSA) is 34.9 Å². The predicted molar refractivity (Wildman–Crippen MR) is 53.4 cm³/mol. The molecule has 3 heteroatoms. The highest BCUT2D eigenvalue weighted by molar-refractivity contribution is 5.93. The summed E-state index contributed by atoms with van der Waals surface area (Å²) in [6.07, 6.45) is 1.39. The Balaban J connectivity index is 2.41. The van der Waals surface area contributed by atoms with Gasteiger partial charge in [0.2, 0.25) is 5.91 Å². The van der Waals surface area contributed by atoms with Gasteiger partial charge in [0.15, 0.2) is 0 Å². The molecule has 1 aliphatic rings. The van der Waals surface area contributed by atoms with Gasteiger partial charge in [0.1, 0.15) is 5.82 Å². The Kier molecular flexibility index (Phi) is 1.35. The van der Waals surface area contributed by atoms with Gasteiger partial charge in [-0.15, -0.1) is 0 Å². The third kappa shape index (κ3) is 0.867. The minimum absolute atomic E-state index is 0.173. The van der Waals surface area contributed by atoms with Crippen LogP contribution in [0.5, 0.6) is 0 Å². The largest absolute Gasteiger partial charge is 0.274 e. The summed E-state index contributed by atoms with van der Waals surface area (Å²) in [5.41, 5.74) is 3.07. The van der Waals surface area contributed by atoms with Crippen molar-refractivity contribution in [1.82, 2.24) is 9.55 Å². The lowest BCUT2D eigenvalue weighted by molar-refractivity contribution is 0.0928. The van der Waals surface area contributed by atoms with Gasteiger partial charge in [-0.2, -0.15) is 0 Å². The van der Waals surface area contributed by atoms with Gasteiger partial charge in [0.25, 0.3) is 0 Å². The molecule has 0 saturated carbocycles. The first-order valence-corrected chi connectivity index (χ1v) is 4.77. The highest BCUT2D eigenvalue weighted by atomic mass is 16.2. The SMILES string of the molecule is Cc1ccc2c(c1)nc1n2C(=O)CC1. The van der Waals surface area contributed by atoms with Gasteiger partial charge in [-0.05, 0) is 24.6 Å². The summed E-state index contributed by atoms with van der Waals surface area (Å²) in [6, 6.07) is 6.02. The average Bonchev–Trinajstić information content (AvgIpc) is 2.66. The summed E-state index contributed by atoms with van der Waals surface area (Å²) >= 11 is 0. The maximum Gasteiger partial charge on any atom is 0.233 e. The predicted octanol–water partition coefficient (Wildman–Crippen LogP) is 1.93. The highest BCUT2D eigenvalue weighted by Gasteiger charge is 2.22. The maximum absolute atomic E-state index is 11.5. The monoisotopic (exact) mass is 186 g/mol. The summed E-state index contributed by atoms with van der Waals surface area (Å²) < 4.78 is 1.74. The number of nitrogens with zero attached hydrogens (tertiary/aromatic N) is 2. The Hall–Kier alpha value is -1.64. The van der Waals surface area contributed by atoms with E-state index in [9.17, 15) is 4.79 Å². The van der Waals surface area contributed by atoms with E-state index in [0.29, 0.717) is 6.42 Å². The molecule has 70 valence electrons. The second kappa shape index (κ2) is 2.44. The second-order valence-electron chi connectivity index (χ2n) is 3.75. The maximum atomic E-state index is 11.5. The number of aryl methyl sites for hydroxylation is 2. The Morgan fingerprint density at radius 1 is 1.36 bits per heavy atom. The normalized spacial score (nSPS) is 15.1. The highest BCUT2D eigenvalue weighted by Crippen LogP contribution is 2.23. The lowest BCUT2D eigenvalue weighted by Crippen LogP contribution is -2.02. The zero-order valence-corrected chi connectivity index (χ0v) is 7.95. The zero-order chi connectivity index (χ0) is 9.71. The van der Waals surface area contributed by atoms with Crippen LogP contribution < -0.4 is 0 Å². The molecular weight excluding hydrogens is 176 g/mol. The van der Waals surface area contributed by atoms with E-state index in [1.807, 2.05) is 25.1 Å². The van der Waals surface area contributed by atoms with Crippen LogP contribution in [0.1, 0.15) is 22.6 Å². The van der Waals surface area contributed by atoms with Crippen molar-refractivity contribution >= 4 is 16.9 Å². The number of hydrogen-bond donors (Lipinski definition) is 0. The van der Waals surface area contributed by atoms with Gasteiger partial charge in [0.05, 0.1) is 11.0 Å². The molecule has 0 atom stereocenters. The molecule has 3 rings (SSSR count). The molecule has 3 nitrogen and oxygen atoms in total. The van der Waals surface area contributed by atoms with Crippen molar-refractivity contribution < 1.29 is 4.79 Å². The molecule has 0 N–H and O–H groups in total. The summed E-state index contributed by atoms with van der Waals surface area (Å²) in [6.45, 7) is 2.03. The molecule has 0 unspecified atom stereocenters. The standard InChI is InChI=1S/C11H10N2O/c1-7-2-3-9-8(6-7)12-10-4-5-11(14)13(9)10/h2-3,6H,4-5H2,1H3. The molecule has 2 heterocycles. The number of imidazole rings is 1. The second-order valence-corrected chi connectivity index (χ2v) is 3.75. The molecule has 0 radical (unpaired) electrons. The van der Waals surface area contributed by atoms with Gasteiger partial charge in [0, 0.05) is 12.8 Å². The number of carbonyl (C=O) groups excluding carboxylic acids is 1. The van der Waals surface area contributed by atoms with Crippen molar-refractivity contribution in [3.63, 3.8) is 0 Å². The van der Waals surface area contributed by atoms with Crippen molar-refractivity contribution in [3.8, 4) is 0 Å². The van der Waals surface area contributed by atoms with Crippen LogP contribution in [0, 0.1) is 6.92 Å². The average molecular weight is 186 g/mol. The molecule has 0 spiro atoms. The Bertz CT molecular complexity index is 539. The van der Waals surface area contributed by atoms with Crippen LogP contribution >= 0.6 is 0 Å². The summed E-state index contributed by atoms with van der Waals surface area (Å²) in [5.74, 6) is 1.09. The van der Waals surface area contributed by atoms with Gasteiger partial charge < -0.3 is 0 Å². The Labute approximate surface area is 81.4 Å². The van der Waals surface area contributed by atoms with Crippen molar-refractivity contribution in [2.75, 3.05) is 0 Å². The molecule has 1 aromatic carbocycles. The van der Waals surface area contributed by atoms with Gasteiger partial charge in [-0.25, -0.2) is 4.98 Å². The van der Waals surface area contributed by atoms with Crippen LogP contribution in [-0.2, 0) is 6.42 Å². The van der Waals surface area contributed by atoms with E-state index in [-0.39, 0.29) is 5.91 Å². The molecule has 2 aromatic rings. The minimum atomic E-state index is 0.173. The van der Waals surface area contributed by atoms with Crippen molar-refractivity contribution in [2.24, 2.45) is 0 Å². The van der Waals surface area contributed by atoms with E-state index in [0.717, 1.165) is 23.3 Å². The van der Waals surface area contributed by atoms with Crippen LogP contribution in [-0.4, -0.2) is 15.5 Å². The number of benzene rings is 1. The van der Waals surface area contributed by atoms with Crippen molar-refractivity contribution in [3.05, 3.63) is 29.6 Å². The molecule has 0 saturated heterocycles.